The lowest BCUT2D eigenvalue weighted by atomic mass is 9.98. The lowest BCUT2D eigenvalue weighted by Crippen LogP contribution is -2.39. The van der Waals surface area contributed by atoms with Crippen molar-refractivity contribution in [1.82, 2.24) is 14.1 Å². The molecule has 0 saturated heterocycles. The lowest BCUT2D eigenvalue weighted by molar-refractivity contribution is 0.0998. The second-order valence-corrected chi connectivity index (χ2v) is 5.70. The van der Waals surface area contributed by atoms with Crippen LogP contribution in [0.1, 0.15) is 26.7 Å². The summed E-state index contributed by atoms with van der Waals surface area (Å²) in [5.74, 6) is 1.94. The molecule has 1 aliphatic rings. The van der Waals surface area contributed by atoms with Crippen LogP contribution in [0.3, 0.4) is 0 Å². The molecule has 1 aliphatic carbocycles. The second kappa shape index (κ2) is 6.45. The van der Waals surface area contributed by atoms with Crippen LogP contribution in [0.15, 0.2) is 6.20 Å². The molecular weight excluding hydrogens is 250 g/mol. The fourth-order valence-corrected chi connectivity index (χ4v) is 2.77. The van der Waals surface area contributed by atoms with Crippen molar-refractivity contribution in [3.05, 3.63) is 6.20 Å². The third kappa shape index (κ3) is 3.63. The molecule has 0 aromatic carbocycles. The molecule has 102 valence electrons. The maximum absolute atomic E-state index is 9.83. The van der Waals surface area contributed by atoms with Gasteiger partial charge in [-0.15, -0.1) is 4.37 Å². The Hall–Kier alpha value is -0.720. The van der Waals surface area contributed by atoms with Crippen molar-refractivity contribution in [3.8, 4) is 5.88 Å². The van der Waals surface area contributed by atoms with E-state index in [0.717, 1.165) is 17.6 Å². The fraction of sp³-hybridized carbons (Fsp3) is 0.833. The van der Waals surface area contributed by atoms with Gasteiger partial charge in [0.05, 0.1) is 11.7 Å². The van der Waals surface area contributed by atoms with E-state index in [4.69, 9.17) is 4.74 Å². The van der Waals surface area contributed by atoms with E-state index in [1.165, 1.54) is 12.8 Å². The van der Waals surface area contributed by atoms with Crippen molar-refractivity contribution in [3.63, 3.8) is 0 Å². The molecule has 0 radical (unpaired) electrons. The first kappa shape index (κ1) is 13.7. The number of nitrogens with one attached hydrogen (secondary N) is 1. The molecule has 1 aromatic rings. The standard InChI is InChI=1S/C12H21N3O2S/c1-8-3-4-11(9(8)2)13-5-10(16)7-17-12-6-14-18-15-12/h6,8-11,13,16H,3-5,7H2,1-2H3. The number of aliphatic hydroxyl groups is 1. The van der Waals surface area contributed by atoms with E-state index in [1.807, 2.05) is 0 Å². The molecule has 0 spiro atoms. The van der Waals surface area contributed by atoms with Crippen molar-refractivity contribution >= 4 is 11.7 Å². The maximum atomic E-state index is 9.83. The van der Waals surface area contributed by atoms with Gasteiger partial charge in [-0.3, -0.25) is 0 Å². The fourth-order valence-electron chi connectivity index (χ4n) is 2.40. The average Bonchev–Trinajstić information content (AvgIpc) is 2.97. The minimum Gasteiger partial charge on any atom is -0.473 e. The van der Waals surface area contributed by atoms with Gasteiger partial charge in [0.15, 0.2) is 0 Å². The van der Waals surface area contributed by atoms with E-state index in [-0.39, 0.29) is 6.61 Å². The summed E-state index contributed by atoms with van der Waals surface area (Å²) in [5.41, 5.74) is 0. The molecule has 4 unspecified atom stereocenters. The maximum Gasteiger partial charge on any atom is 0.245 e. The Morgan fingerprint density at radius 2 is 2.39 bits per heavy atom. The average molecular weight is 271 g/mol. The number of hydrogen-bond acceptors (Lipinski definition) is 6. The molecule has 4 atom stereocenters. The van der Waals surface area contributed by atoms with E-state index in [0.29, 0.717) is 24.4 Å². The van der Waals surface area contributed by atoms with Crippen molar-refractivity contribution in [2.75, 3.05) is 13.2 Å². The van der Waals surface area contributed by atoms with Crippen molar-refractivity contribution in [1.29, 1.82) is 0 Å². The summed E-state index contributed by atoms with van der Waals surface area (Å²) in [6.07, 6.45) is 3.53. The number of aromatic nitrogens is 2. The number of nitrogens with zero attached hydrogens (tertiary/aromatic N) is 2. The molecule has 6 heteroatoms. The molecule has 0 aliphatic heterocycles. The molecule has 2 rings (SSSR count). The Bertz CT molecular complexity index is 347. The molecule has 1 saturated carbocycles. The minimum atomic E-state index is -0.505. The third-order valence-corrected chi connectivity index (χ3v) is 4.31. The van der Waals surface area contributed by atoms with Crippen LogP contribution >= 0.6 is 11.7 Å². The van der Waals surface area contributed by atoms with Gasteiger partial charge in [-0.05, 0) is 24.7 Å². The highest BCUT2D eigenvalue weighted by Crippen LogP contribution is 2.30. The first-order chi connectivity index (χ1) is 8.66. The van der Waals surface area contributed by atoms with Gasteiger partial charge in [-0.25, -0.2) is 0 Å². The first-order valence-electron chi connectivity index (χ1n) is 6.48. The topological polar surface area (TPSA) is 67.3 Å². The van der Waals surface area contributed by atoms with Crippen LogP contribution in [0, 0.1) is 11.8 Å². The molecule has 1 fully saturated rings. The Kier molecular flexibility index (Phi) is 4.91. The Labute approximate surface area is 112 Å². The van der Waals surface area contributed by atoms with Crippen LogP contribution in [-0.4, -0.2) is 39.2 Å². The molecule has 18 heavy (non-hydrogen) atoms. The summed E-state index contributed by atoms with van der Waals surface area (Å²) >= 11 is 1.10. The zero-order valence-electron chi connectivity index (χ0n) is 10.9. The zero-order chi connectivity index (χ0) is 13.0. The van der Waals surface area contributed by atoms with Gasteiger partial charge in [0.2, 0.25) is 5.88 Å². The monoisotopic (exact) mass is 271 g/mol. The molecule has 0 bridgehead atoms. The highest BCUT2D eigenvalue weighted by Gasteiger charge is 2.29. The van der Waals surface area contributed by atoms with Crippen LogP contribution in [0.5, 0.6) is 5.88 Å². The van der Waals surface area contributed by atoms with Gasteiger partial charge < -0.3 is 15.2 Å². The van der Waals surface area contributed by atoms with Gasteiger partial charge in [0.25, 0.3) is 0 Å². The van der Waals surface area contributed by atoms with Crippen LogP contribution in [-0.2, 0) is 0 Å². The van der Waals surface area contributed by atoms with Gasteiger partial charge in [-0.1, -0.05) is 13.8 Å². The van der Waals surface area contributed by atoms with E-state index in [2.05, 4.69) is 27.9 Å². The highest BCUT2D eigenvalue weighted by molar-refractivity contribution is 6.99. The first-order valence-corrected chi connectivity index (χ1v) is 7.21. The predicted octanol–water partition coefficient (Wildman–Crippen LogP) is 1.30. The predicted molar refractivity (Wildman–Crippen MR) is 70.8 cm³/mol. The number of rotatable bonds is 6. The Morgan fingerprint density at radius 3 is 3.00 bits per heavy atom. The summed E-state index contributed by atoms with van der Waals surface area (Å²) < 4.78 is 13.1. The summed E-state index contributed by atoms with van der Waals surface area (Å²) in [6, 6.07) is 0.524. The van der Waals surface area contributed by atoms with Crippen molar-refractivity contribution in [2.24, 2.45) is 11.8 Å². The van der Waals surface area contributed by atoms with Gasteiger partial charge in [0, 0.05) is 12.6 Å². The smallest absolute Gasteiger partial charge is 0.245 e. The number of aliphatic hydroxyl groups excluding tert-OH is 1. The molecular formula is C12H21N3O2S. The van der Waals surface area contributed by atoms with E-state index >= 15 is 0 Å². The Balaban J connectivity index is 1.64. The van der Waals surface area contributed by atoms with Gasteiger partial charge >= 0.3 is 0 Å². The van der Waals surface area contributed by atoms with E-state index in [9.17, 15) is 5.11 Å². The SMILES string of the molecule is CC1CCC(NCC(O)COc2cnsn2)C1C. The second-order valence-electron chi connectivity index (χ2n) is 5.14. The summed E-state index contributed by atoms with van der Waals surface area (Å²) in [4.78, 5) is 0. The van der Waals surface area contributed by atoms with Crippen LogP contribution < -0.4 is 10.1 Å². The summed E-state index contributed by atoms with van der Waals surface area (Å²) in [7, 11) is 0. The quantitative estimate of drug-likeness (QED) is 0.816. The highest BCUT2D eigenvalue weighted by atomic mass is 32.1. The minimum absolute atomic E-state index is 0.259. The molecule has 1 heterocycles. The Morgan fingerprint density at radius 1 is 1.56 bits per heavy atom. The summed E-state index contributed by atoms with van der Waals surface area (Å²) in [5, 5.41) is 13.3. The largest absolute Gasteiger partial charge is 0.473 e. The van der Waals surface area contributed by atoms with Crippen molar-refractivity contribution < 1.29 is 9.84 Å². The molecule has 0 amide bonds. The van der Waals surface area contributed by atoms with E-state index < -0.39 is 6.10 Å². The molecule has 2 N–H and O–H groups in total. The molecule has 5 nitrogen and oxygen atoms in total. The third-order valence-electron chi connectivity index (χ3n) is 3.85. The number of hydrogen-bond donors (Lipinski definition) is 2. The van der Waals surface area contributed by atoms with Gasteiger partial charge in [-0.2, -0.15) is 4.37 Å². The zero-order valence-corrected chi connectivity index (χ0v) is 11.7. The molecule has 1 aromatic heterocycles. The van der Waals surface area contributed by atoms with Crippen LogP contribution in [0.25, 0.3) is 0 Å². The van der Waals surface area contributed by atoms with Crippen LogP contribution in [0.4, 0.5) is 0 Å². The van der Waals surface area contributed by atoms with Crippen molar-refractivity contribution in [2.45, 2.75) is 38.8 Å². The normalized spacial score (nSPS) is 29.4. The number of ether oxygens (including phenoxy) is 1. The lowest BCUT2D eigenvalue weighted by Gasteiger charge is -2.21. The van der Waals surface area contributed by atoms with Crippen LogP contribution in [0.2, 0.25) is 0 Å². The summed E-state index contributed by atoms with van der Waals surface area (Å²) in [6.45, 7) is 5.40. The van der Waals surface area contributed by atoms with E-state index in [1.54, 1.807) is 6.20 Å². The van der Waals surface area contributed by atoms with Gasteiger partial charge in [0.1, 0.15) is 18.9 Å².